The number of carboxylic acids is 1. The fourth-order valence-corrected chi connectivity index (χ4v) is 2.50. The Morgan fingerprint density at radius 2 is 2.11 bits per heavy atom. The predicted octanol–water partition coefficient (Wildman–Crippen LogP) is 2.03. The number of nitrogens with one attached hydrogen (secondary N) is 1. The smallest absolute Gasteiger partial charge is 0.339 e. The molecule has 19 heavy (non-hydrogen) atoms. The van der Waals surface area contributed by atoms with Gasteiger partial charge in [0.2, 0.25) is 0 Å². The zero-order valence-electron chi connectivity index (χ0n) is 10.5. The van der Waals surface area contributed by atoms with E-state index in [0.29, 0.717) is 0 Å². The van der Waals surface area contributed by atoms with E-state index < -0.39 is 17.3 Å². The first-order valence-electron chi connectivity index (χ1n) is 6.34. The number of aromatic nitrogens is 1. The third kappa shape index (κ3) is 3.01. The molecule has 0 radical (unpaired) electrons. The van der Waals surface area contributed by atoms with Crippen LogP contribution in [-0.2, 0) is 0 Å². The Bertz CT molecular complexity index is 473. The fourth-order valence-electron chi connectivity index (χ4n) is 2.50. The number of anilines is 1. The largest absolute Gasteiger partial charge is 0.478 e. The van der Waals surface area contributed by atoms with Gasteiger partial charge in [-0.05, 0) is 18.9 Å². The quantitative estimate of drug-likeness (QED) is 0.778. The van der Waals surface area contributed by atoms with E-state index >= 15 is 0 Å². The number of carbonyl (C=O) groups is 1. The molecule has 1 aromatic rings. The minimum atomic E-state index is -1.24. The first-order chi connectivity index (χ1) is 9.06. The maximum absolute atomic E-state index is 13.1. The number of aliphatic hydroxyl groups excluding tert-OH is 1. The van der Waals surface area contributed by atoms with Crippen molar-refractivity contribution in [1.29, 1.82) is 0 Å². The van der Waals surface area contributed by atoms with Crippen LogP contribution in [0.25, 0.3) is 0 Å². The standard InChI is InChI=1S/C13H17FN2O3/c14-9-6-10(12(18)19)11(15-7-9)16-13(8-17)4-2-1-3-5-13/h6-7,17H,1-5,8H2,(H,15,16)(H,18,19). The molecule has 1 aromatic heterocycles. The third-order valence-electron chi connectivity index (χ3n) is 3.58. The van der Waals surface area contributed by atoms with Crippen molar-refractivity contribution in [3.63, 3.8) is 0 Å². The maximum Gasteiger partial charge on any atom is 0.339 e. The number of hydrogen-bond acceptors (Lipinski definition) is 4. The summed E-state index contributed by atoms with van der Waals surface area (Å²) in [6.07, 6.45) is 5.52. The Morgan fingerprint density at radius 1 is 1.42 bits per heavy atom. The number of aliphatic hydroxyl groups is 1. The zero-order chi connectivity index (χ0) is 13.9. The summed E-state index contributed by atoms with van der Waals surface area (Å²) >= 11 is 0. The Kier molecular flexibility index (Phi) is 3.99. The van der Waals surface area contributed by atoms with Gasteiger partial charge in [-0.15, -0.1) is 0 Å². The topological polar surface area (TPSA) is 82.5 Å². The molecule has 1 aliphatic carbocycles. The molecule has 0 saturated heterocycles. The molecular weight excluding hydrogens is 251 g/mol. The summed E-state index contributed by atoms with van der Waals surface area (Å²) in [5.74, 6) is -1.81. The normalized spacial score (nSPS) is 18.0. The minimum Gasteiger partial charge on any atom is -0.478 e. The molecule has 1 saturated carbocycles. The number of pyridine rings is 1. The first kappa shape index (κ1) is 13.7. The lowest BCUT2D eigenvalue weighted by Crippen LogP contribution is -2.44. The van der Waals surface area contributed by atoms with Gasteiger partial charge in [-0.2, -0.15) is 0 Å². The number of halogens is 1. The van der Waals surface area contributed by atoms with Gasteiger partial charge >= 0.3 is 5.97 Å². The van der Waals surface area contributed by atoms with Crippen molar-refractivity contribution in [3.8, 4) is 0 Å². The molecule has 1 heterocycles. The first-order valence-corrected chi connectivity index (χ1v) is 6.34. The molecule has 0 atom stereocenters. The van der Waals surface area contributed by atoms with E-state index in [-0.39, 0.29) is 18.0 Å². The van der Waals surface area contributed by atoms with Gasteiger partial charge in [0.1, 0.15) is 17.2 Å². The fraction of sp³-hybridized carbons (Fsp3) is 0.538. The third-order valence-corrected chi connectivity index (χ3v) is 3.58. The van der Waals surface area contributed by atoms with Crippen LogP contribution in [0.15, 0.2) is 12.3 Å². The van der Waals surface area contributed by atoms with Crippen LogP contribution in [-0.4, -0.2) is 33.3 Å². The lowest BCUT2D eigenvalue weighted by Gasteiger charge is -2.37. The number of aromatic carboxylic acids is 1. The molecular formula is C13H17FN2O3. The van der Waals surface area contributed by atoms with Gasteiger partial charge < -0.3 is 15.5 Å². The van der Waals surface area contributed by atoms with E-state index in [9.17, 15) is 14.3 Å². The second kappa shape index (κ2) is 5.52. The van der Waals surface area contributed by atoms with Crippen LogP contribution in [0, 0.1) is 5.82 Å². The summed E-state index contributed by atoms with van der Waals surface area (Å²) in [6.45, 7) is -0.0921. The van der Waals surface area contributed by atoms with Crippen molar-refractivity contribution in [2.45, 2.75) is 37.6 Å². The maximum atomic E-state index is 13.1. The van der Waals surface area contributed by atoms with Crippen molar-refractivity contribution in [1.82, 2.24) is 4.98 Å². The second-order valence-electron chi connectivity index (χ2n) is 4.98. The van der Waals surface area contributed by atoms with Gasteiger partial charge in [-0.1, -0.05) is 19.3 Å². The molecule has 3 N–H and O–H groups in total. The zero-order valence-corrected chi connectivity index (χ0v) is 10.5. The summed E-state index contributed by atoms with van der Waals surface area (Å²) < 4.78 is 13.1. The summed E-state index contributed by atoms with van der Waals surface area (Å²) in [7, 11) is 0. The van der Waals surface area contributed by atoms with Crippen LogP contribution in [0.3, 0.4) is 0 Å². The van der Waals surface area contributed by atoms with Gasteiger partial charge in [0.15, 0.2) is 0 Å². The molecule has 104 valence electrons. The monoisotopic (exact) mass is 268 g/mol. The molecule has 0 unspecified atom stereocenters. The summed E-state index contributed by atoms with van der Waals surface area (Å²) in [5.41, 5.74) is -0.758. The molecule has 0 amide bonds. The molecule has 0 bridgehead atoms. The number of nitrogens with zero attached hydrogens (tertiary/aromatic N) is 1. The van der Waals surface area contributed by atoms with E-state index in [1.165, 1.54) is 0 Å². The van der Waals surface area contributed by atoms with Crippen molar-refractivity contribution in [2.24, 2.45) is 0 Å². The van der Waals surface area contributed by atoms with Gasteiger partial charge in [-0.25, -0.2) is 14.2 Å². The highest BCUT2D eigenvalue weighted by Crippen LogP contribution is 2.31. The van der Waals surface area contributed by atoms with Crippen LogP contribution in [0.1, 0.15) is 42.5 Å². The van der Waals surface area contributed by atoms with E-state index in [2.05, 4.69) is 10.3 Å². The van der Waals surface area contributed by atoms with Crippen LogP contribution in [0.2, 0.25) is 0 Å². The number of carboxylic acid groups (broad SMARTS) is 1. The Labute approximate surface area is 110 Å². The summed E-state index contributed by atoms with van der Waals surface area (Å²) in [5, 5.41) is 21.7. The van der Waals surface area contributed by atoms with Crippen molar-refractivity contribution >= 4 is 11.8 Å². The van der Waals surface area contributed by atoms with E-state index in [4.69, 9.17) is 5.11 Å². The Balaban J connectivity index is 2.28. The van der Waals surface area contributed by atoms with Crippen molar-refractivity contribution in [3.05, 3.63) is 23.6 Å². The summed E-state index contributed by atoms with van der Waals surface area (Å²) in [6, 6.07) is 0.936. The van der Waals surface area contributed by atoms with Gasteiger partial charge in [0, 0.05) is 0 Å². The molecule has 2 rings (SSSR count). The number of rotatable bonds is 4. The Morgan fingerprint density at radius 3 is 2.68 bits per heavy atom. The lowest BCUT2D eigenvalue weighted by atomic mass is 9.82. The highest BCUT2D eigenvalue weighted by molar-refractivity contribution is 5.93. The summed E-state index contributed by atoms with van der Waals surface area (Å²) in [4.78, 5) is 14.9. The highest BCUT2D eigenvalue weighted by Gasteiger charge is 2.32. The molecule has 0 aromatic carbocycles. The minimum absolute atomic E-state index is 0.0921. The average Bonchev–Trinajstić information content (AvgIpc) is 2.42. The predicted molar refractivity (Wildman–Crippen MR) is 67.7 cm³/mol. The van der Waals surface area contributed by atoms with E-state index in [1.807, 2.05) is 0 Å². The molecule has 5 nitrogen and oxygen atoms in total. The van der Waals surface area contributed by atoms with Gasteiger partial charge in [-0.3, -0.25) is 0 Å². The second-order valence-corrected chi connectivity index (χ2v) is 4.98. The lowest BCUT2D eigenvalue weighted by molar-refractivity contribution is 0.0696. The highest BCUT2D eigenvalue weighted by atomic mass is 19.1. The van der Waals surface area contributed by atoms with Crippen LogP contribution in [0.4, 0.5) is 10.2 Å². The van der Waals surface area contributed by atoms with Crippen LogP contribution in [0.5, 0.6) is 0 Å². The average molecular weight is 268 g/mol. The number of hydrogen-bond donors (Lipinski definition) is 3. The molecule has 0 aliphatic heterocycles. The molecule has 6 heteroatoms. The van der Waals surface area contributed by atoms with Crippen LogP contribution >= 0.6 is 0 Å². The van der Waals surface area contributed by atoms with Gasteiger partial charge in [0.25, 0.3) is 0 Å². The molecule has 1 fully saturated rings. The molecule has 0 spiro atoms. The SMILES string of the molecule is O=C(O)c1cc(F)cnc1NC1(CO)CCCCC1. The van der Waals surface area contributed by atoms with Gasteiger partial charge in [0.05, 0.1) is 18.3 Å². The van der Waals surface area contributed by atoms with Crippen LogP contribution < -0.4 is 5.32 Å². The Hall–Kier alpha value is -1.69. The van der Waals surface area contributed by atoms with Crippen molar-refractivity contribution < 1.29 is 19.4 Å². The van der Waals surface area contributed by atoms with E-state index in [0.717, 1.165) is 44.4 Å². The van der Waals surface area contributed by atoms with Crippen molar-refractivity contribution in [2.75, 3.05) is 11.9 Å². The van der Waals surface area contributed by atoms with E-state index in [1.54, 1.807) is 0 Å². The molecule has 1 aliphatic rings.